The van der Waals surface area contributed by atoms with Crippen molar-refractivity contribution in [3.63, 3.8) is 0 Å². The number of primary amides is 1. The van der Waals surface area contributed by atoms with E-state index in [1.54, 1.807) is 0 Å². The summed E-state index contributed by atoms with van der Waals surface area (Å²) in [6, 6.07) is 1.38. The summed E-state index contributed by atoms with van der Waals surface area (Å²) in [7, 11) is 0. The van der Waals surface area contributed by atoms with E-state index in [0.717, 1.165) is 4.68 Å². The van der Waals surface area contributed by atoms with E-state index in [0.29, 0.717) is 0 Å². The van der Waals surface area contributed by atoms with Crippen molar-refractivity contribution in [1.29, 1.82) is 0 Å². The first-order chi connectivity index (χ1) is 5.43. The zero-order valence-corrected chi connectivity index (χ0v) is 6.91. The van der Waals surface area contributed by atoms with Crippen LogP contribution in [0.3, 0.4) is 0 Å². The van der Waals surface area contributed by atoms with Crippen LogP contribution in [0.1, 0.15) is 24.3 Å². The molecule has 0 aliphatic heterocycles. The Bertz CT molecular complexity index is 300. The topological polar surface area (TPSA) is 60.9 Å². The zero-order chi connectivity index (χ0) is 9.35. The maximum Gasteiger partial charge on any atom is 0.267 e. The minimum atomic E-state index is -1.70. The highest BCUT2D eigenvalue weighted by atomic mass is 19.1. The van der Waals surface area contributed by atoms with Crippen LogP contribution in [-0.4, -0.2) is 15.7 Å². The molecule has 0 aromatic carbocycles. The maximum absolute atomic E-state index is 13.3. The number of aromatic nitrogens is 2. The van der Waals surface area contributed by atoms with Gasteiger partial charge in [-0.25, -0.2) is 9.07 Å². The molecule has 1 aromatic heterocycles. The lowest BCUT2D eigenvalue weighted by atomic mass is 10.3. The standard InChI is InChI=1S/C7H10FN3O/c1-7(2,8)11-5(6(9)12)3-4-10-11/h3-4H,1-2H3,(H2,9,12). The Morgan fingerprint density at radius 2 is 2.33 bits per heavy atom. The molecule has 66 valence electrons. The highest BCUT2D eigenvalue weighted by Gasteiger charge is 2.23. The molecule has 0 aliphatic carbocycles. The fraction of sp³-hybridized carbons (Fsp3) is 0.429. The summed E-state index contributed by atoms with van der Waals surface area (Å²) >= 11 is 0. The third-order valence-corrected chi connectivity index (χ3v) is 1.40. The number of carbonyl (C=O) groups excluding carboxylic acids is 1. The van der Waals surface area contributed by atoms with Crippen molar-refractivity contribution < 1.29 is 9.18 Å². The quantitative estimate of drug-likeness (QED) is 0.709. The molecule has 4 nitrogen and oxygen atoms in total. The van der Waals surface area contributed by atoms with Crippen molar-refractivity contribution in [3.05, 3.63) is 18.0 Å². The lowest BCUT2D eigenvalue weighted by Crippen LogP contribution is -2.28. The van der Waals surface area contributed by atoms with Gasteiger partial charge in [0.15, 0.2) is 5.79 Å². The number of rotatable bonds is 2. The molecule has 1 amide bonds. The van der Waals surface area contributed by atoms with E-state index in [4.69, 9.17) is 5.73 Å². The molecule has 1 heterocycles. The number of nitrogens with two attached hydrogens (primary N) is 1. The lowest BCUT2D eigenvalue weighted by Gasteiger charge is -2.16. The average molecular weight is 171 g/mol. The van der Waals surface area contributed by atoms with E-state index in [-0.39, 0.29) is 5.69 Å². The van der Waals surface area contributed by atoms with Crippen molar-refractivity contribution in [3.8, 4) is 0 Å². The van der Waals surface area contributed by atoms with Gasteiger partial charge in [-0.1, -0.05) is 0 Å². The molecule has 12 heavy (non-hydrogen) atoms. The Morgan fingerprint density at radius 3 is 2.67 bits per heavy atom. The number of hydrogen-bond donors (Lipinski definition) is 1. The number of amides is 1. The van der Waals surface area contributed by atoms with Gasteiger partial charge in [0.1, 0.15) is 5.69 Å². The zero-order valence-electron chi connectivity index (χ0n) is 6.91. The fourth-order valence-electron chi connectivity index (χ4n) is 0.914. The Morgan fingerprint density at radius 1 is 1.75 bits per heavy atom. The second kappa shape index (κ2) is 2.58. The molecular weight excluding hydrogens is 161 g/mol. The van der Waals surface area contributed by atoms with Crippen LogP contribution in [0.2, 0.25) is 0 Å². The van der Waals surface area contributed by atoms with Crippen molar-refractivity contribution in [2.45, 2.75) is 19.6 Å². The second-order valence-electron chi connectivity index (χ2n) is 2.90. The van der Waals surface area contributed by atoms with Crippen molar-refractivity contribution >= 4 is 5.91 Å². The van der Waals surface area contributed by atoms with Crippen LogP contribution >= 0.6 is 0 Å². The third-order valence-electron chi connectivity index (χ3n) is 1.40. The molecule has 5 heteroatoms. The smallest absolute Gasteiger partial charge is 0.267 e. The first-order valence-electron chi connectivity index (χ1n) is 3.46. The van der Waals surface area contributed by atoms with Crippen LogP contribution < -0.4 is 5.73 Å². The Balaban J connectivity index is 3.17. The molecule has 1 rings (SSSR count). The predicted octanol–water partition coefficient (Wildman–Crippen LogP) is 0.644. The number of nitrogens with zero attached hydrogens (tertiary/aromatic N) is 2. The first-order valence-corrected chi connectivity index (χ1v) is 3.46. The van der Waals surface area contributed by atoms with Gasteiger partial charge in [-0.05, 0) is 19.9 Å². The van der Waals surface area contributed by atoms with Crippen molar-refractivity contribution in [2.75, 3.05) is 0 Å². The molecule has 0 saturated carbocycles. The highest BCUT2D eigenvalue weighted by molar-refractivity contribution is 5.90. The summed E-state index contributed by atoms with van der Waals surface area (Å²) in [6.45, 7) is 2.60. The number of carbonyl (C=O) groups is 1. The molecule has 0 fully saturated rings. The number of alkyl halides is 1. The van der Waals surface area contributed by atoms with E-state index in [1.165, 1.54) is 26.1 Å². The van der Waals surface area contributed by atoms with Gasteiger partial charge in [0, 0.05) is 6.20 Å². The van der Waals surface area contributed by atoms with E-state index in [9.17, 15) is 9.18 Å². The van der Waals surface area contributed by atoms with E-state index >= 15 is 0 Å². The van der Waals surface area contributed by atoms with Crippen LogP contribution in [0.15, 0.2) is 12.3 Å². The van der Waals surface area contributed by atoms with Gasteiger partial charge in [0.05, 0.1) is 0 Å². The normalized spacial score (nSPS) is 11.6. The summed E-state index contributed by atoms with van der Waals surface area (Å²) < 4.78 is 14.2. The molecule has 0 bridgehead atoms. The van der Waals surface area contributed by atoms with Gasteiger partial charge >= 0.3 is 0 Å². The van der Waals surface area contributed by atoms with E-state index < -0.39 is 11.7 Å². The summed E-state index contributed by atoms with van der Waals surface area (Å²) in [5.41, 5.74) is 5.06. The lowest BCUT2D eigenvalue weighted by molar-refractivity contribution is 0.0842. The molecule has 0 radical (unpaired) electrons. The van der Waals surface area contributed by atoms with Crippen LogP contribution in [0.4, 0.5) is 4.39 Å². The van der Waals surface area contributed by atoms with Crippen LogP contribution in [0, 0.1) is 0 Å². The van der Waals surface area contributed by atoms with Gasteiger partial charge in [-0.3, -0.25) is 4.79 Å². The van der Waals surface area contributed by atoms with E-state index in [2.05, 4.69) is 5.10 Å². The summed E-state index contributed by atoms with van der Waals surface area (Å²) in [6.07, 6.45) is 1.33. The first kappa shape index (κ1) is 8.70. The van der Waals surface area contributed by atoms with Crippen LogP contribution in [0.5, 0.6) is 0 Å². The molecule has 0 atom stereocenters. The molecular formula is C7H10FN3O. The van der Waals surface area contributed by atoms with Gasteiger partial charge < -0.3 is 5.73 Å². The number of halogens is 1. The molecule has 0 saturated heterocycles. The largest absolute Gasteiger partial charge is 0.364 e. The van der Waals surface area contributed by atoms with Gasteiger partial charge in [-0.15, -0.1) is 0 Å². The molecule has 0 spiro atoms. The summed E-state index contributed by atoms with van der Waals surface area (Å²) in [4.78, 5) is 10.7. The minimum absolute atomic E-state index is 0.0718. The summed E-state index contributed by atoms with van der Waals surface area (Å²) in [5, 5.41) is 3.65. The fourth-order valence-corrected chi connectivity index (χ4v) is 0.914. The second-order valence-corrected chi connectivity index (χ2v) is 2.90. The Hall–Kier alpha value is -1.39. The monoisotopic (exact) mass is 171 g/mol. The van der Waals surface area contributed by atoms with Crippen molar-refractivity contribution in [2.24, 2.45) is 5.73 Å². The van der Waals surface area contributed by atoms with Crippen LogP contribution in [-0.2, 0) is 5.79 Å². The predicted molar refractivity (Wildman–Crippen MR) is 41.2 cm³/mol. The van der Waals surface area contributed by atoms with Crippen LogP contribution in [0.25, 0.3) is 0 Å². The Labute approximate surface area is 69.2 Å². The SMILES string of the molecule is CC(C)(F)n1nccc1C(N)=O. The molecule has 0 unspecified atom stereocenters. The Kier molecular flexibility index (Phi) is 1.87. The van der Waals surface area contributed by atoms with E-state index in [1.807, 2.05) is 0 Å². The van der Waals surface area contributed by atoms with Gasteiger partial charge in [-0.2, -0.15) is 5.10 Å². The van der Waals surface area contributed by atoms with Crippen molar-refractivity contribution in [1.82, 2.24) is 9.78 Å². The maximum atomic E-state index is 13.3. The summed E-state index contributed by atoms with van der Waals surface area (Å²) in [5.74, 6) is -2.38. The molecule has 0 aliphatic rings. The third kappa shape index (κ3) is 1.44. The average Bonchev–Trinajstić information content (AvgIpc) is 2.30. The highest BCUT2D eigenvalue weighted by Crippen LogP contribution is 2.17. The molecule has 1 aromatic rings. The van der Waals surface area contributed by atoms with Gasteiger partial charge in [0.2, 0.25) is 0 Å². The minimum Gasteiger partial charge on any atom is -0.364 e. The number of hydrogen-bond acceptors (Lipinski definition) is 2. The molecule has 2 N–H and O–H groups in total. The van der Waals surface area contributed by atoms with Gasteiger partial charge in [0.25, 0.3) is 5.91 Å².